The molecule has 1 N–H and O–H groups in total. The first-order chi connectivity index (χ1) is 9.10. The highest BCUT2D eigenvalue weighted by Crippen LogP contribution is 2.52. The van der Waals surface area contributed by atoms with E-state index in [0.717, 1.165) is 12.0 Å². The van der Waals surface area contributed by atoms with Crippen LogP contribution in [0.1, 0.15) is 43.4 Å². The number of benzene rings is 1. The van der Waals surface area contributed by atoms with Crippen LogP contribution in [0.2, 0.25) is 0 Å². The summed E-state index contributed by atoms with van der Waals surface area (Å²) in [4.78, 5) is 4.20. The monoisotopic (exact) mass is 253 g/mol. The SMILES string of the molecule is CC[C@]1(O)C[C@](C)(c2ccccc2)c2ccncc21. The lowest BCUT2D eigenvalue weighted by atomic mass is 9.76. The summed E-state index contributed by atoms with van der Waals surface area (Å²) in [6.07, 6.45) is 5.09. The van der Waals surface area contributed by atoms with E-state index < -0.39 is 5.60 Å². The van der Waals surface area contributed by atoms with Crippen molar-refractivity contribution in [1.82, 2.24) is 4.98 Å². The molecule has 0 unspecified atom stereocenters. The second-order valence-corrected chi connectivity index (χ2v) is 5.68. The van der Waals surface area contributed by atoms with Crippen molar-refractivity contribution in [2.75, 3.05) is 0 Å². The summed E-state index contributed by atoms with van der Waals surface area (Å²) < 4.78 is 0. The third kappa shape index (κ3) is 1.71. The van der Waals surface area contributed by atoms with E-state index in [1.165, 1.54) is 11.1 Å². The minimum Gasteiger partial charge on any atom is -0.385 e. The van der Waals surface area contributed by atoms with Crippen molar-refractivity contribution in [3.05, 3.63) is 65.5 Å². The quantitative estimate of drug-likeness (QED) is 0.890. The molecule has 1 aromatic heterocycles. The van der Waals surface area contributed by atoms with Crippen LogP contribution in [0, 0.1) is 0 Å². The number of aromatic nitrogens is 1. The average molecular weight is 253 g/mol. The summed E-state index contributed by atoms with van der Waals surface area (Å²) >= 11 is 0. The highest BCUT2D eigenvalue weighted by Gasteiger charge is 2.48. The van der Waals surface area contributed by atoms with Gasteiger partial charge in [-0.25, -0.2) is 0 Å². The van der Waals surface area contributed by atoms with Gasteiger partial charge in [-0.3, -0.25) is 4.98 Å². The van der Waals surface area contributed by atoms with Crippen molar-refractivity contribution in [2.24, 2.45) is 0 Å². The zero-order valence-corrected chi connectivity index (χ0v) is 11.4. The van der Waals surface area contributed by atoms with Gasteiger partial charge in [-0.1, -0.05) is 44.2 Å². The number of fused-ring (bicyclic) bond motifs is 1. The molecule has 3 rings (SSSR count). The molecule has 0 spiro atoms. The maximum Gasteiger partial charge on any atom is 0.0923 e. The molecule has 0 saturated heterocycles. The Labute approximate surface area is 114 Å². The summed E-state index contributed by atoms with van der Waals surface area (Å²) in [6, 6.07) is 12.5. The van der Waals surface area contributed by atoms with E-state index >= 15 is 0 Å². The maximum absolute atomic E-state index is 10.9. The van der Waals surface area contributed by atoms with E-state index in [9.17, 15) is 5.11 Å². The molecule has 1 aliphatic rings. The molecule has 1 heterocycles. The molecule has 2 heteroatoms. The number of pyridine rings is 1. The molecule has 1 aliphatic carbocycles. The largest absolute Gasteiger partial charge is 0.385 e. The molecule has 0 radical (unpaired) electrons. The van der Waals surface area contributed by atoms with Crippen molar-refractivity contribution in [3.8, 4) is 0 Å². The van der Waals surface area contributed by atoms with Crippen LogP contribution in [0.4, 0.5) is 0 Å². The fourth-order valence-electron chi connectivity index (χ4n) is 3.40. The second-order valence-electron chi connectivity index (χ2n) is 5.68. The molecule has 2 atom stereocenters. The Morgan fingerprint density at radius 1 is 1.16 bits per heavy atom. The molecule has 2 aromatic rings. The van der Waals surface area contributed by atoms with Crippen LogP contribution < -0.4 is 0 Å². The van der Waals surface area contributed by atoms with Gasteiger partial charge >= 0.3 is 0 Å². The van der Waals surface area contributed by atoms with Gasteiger partial charge in [0.15, 0.2) is 0 Å². The van der Waals surface area contributed by atoms with E-state index in [4.69, 9.17) is 0 Å². The summed E-state index contributed by atoms with van der Waals surface area (Å²) in [7, 11) is 0. The topological polar surface area (TPSA) is 33.1 Å². The predicted octanol–water partition coefficient (Wildman–Crippen LogP) is 3.39. The number of aliphatic hydroxyl groups is 1. The average Bonchev–Trinajstić information content (AvgIpc) is 2.71. The van der Waals surface area contributed by atoms with E-state index in [2.05, 4.69) is 42.2 Å². The molecule has 19 heavy (non-hydrogen) atoms. The zero-order valence-electron chi connectivity index (χ0n) is 11.4. The molecule has 0 saturated carbocycles. The van der Waals surface area contributed by atoms with Crippen molar-refractivity contribution in [2.45, 2.75) is 37.7 Å². The van der Waals surface area contributed by atoms with Crippen molar-refractivity contribution < 1.29 is 5.11 Å². The summed E-state index contributed by atoms with van der Waals surface area (Å²) in [5.41, 5.74) is 2.56. The van der Waals surface area contributed by atoms with Gasteiger partial charge in [0.25, 0.3) is 0 Å². The van der Waals surface area contributed by atoms with Gasteiger partial charge in [-0.15, -0.1) is 0 Å². The maximum atomic E-state index is 10.9. The smallest absolute Gasteiger partial charge is 0.0923 e. The Bertz CT molecular complexity index is 595. The van der Waals surface area contributed by atoms with Crippen LogP contribution in [0.5, 0.6) is 0 Å². The number of hydrogen-bond acceptors (Lipinski definition) is 2. The molecule has 98 valence electrons. The lowest BCUT2D eigenvalue weighted by molar-refractivity contribution is 0.0236. The van der Waals surface area contributed by atoms with E-state index in [1.807, 2.05) is 25.4 Å². The fraction of sp³-hybridized carbons (Fsp3) is 0.353. The van der Waals surface area contributed by atoms with Gasteiger partial charge in [-0.05, 0) is 30.0 Å². The van der Waals surface area contributed by atoms with Crippen LogP contribution in [0.25, 0.3) is 0 Å². The van der Waals surface area contributed by atoms with Crippen LogP contribution in [-0.4, -0.2) is 10.1 Å². The lowest BCUT2D eigenvalue weighted by Crippen LogP contribution is -2.26. The van der Waals surface area contributed by atoms with Crippen LogP contribution in [0.3, 0.4) is 0 Å². The number of hydrogen-bond donors (Lipinski definition) is 1. The standard InChI is InChI=1S/C17H19NO/c1-3-17(19)12-16(2,13-7-5-4-6-8-13)14-9-10-18-11-15(14)17/h4-11,19H,3,12H2,1-2H3/t16-,17+/m1/s1. The van der Waals surface area contributed by atoms with Crippen molar-refractivity contribution in [1.29, 1.82) is 0 Å². The highest BCUT2D eigenvalue weighted by atomic mass is 16.3. The number of nitrogens with zero attached hydrogens (tertiary/aromatic N) is 1. The van der Waals surface area contributed by atoms with E-state index in [1.54, 1.807) is 0 Å². The first kappa shape index (κ1) is 12.4. The van der Waals surface area contributed by atoms with Gasteiger partial charge in [0.05, 0.1) is 5.60 Å². The normalized spacial score (nSPS) is 29.2. The van der Waals surface area contributed by atoms with Crippen molar-refractivity contribution in [3.63, 3.8) is 0 Å². The summed E-state index contributed by atoms with van der Waals surface area (Å²) in [6.45, 7) is 4.25. The van der Waals surface area contributed by atoms with Gasteiger partial charge in [0.2, 0.25) is 0 Å². The molecule has 0 amide bonds. The van der Waals surface area contributed by atoms with Gasteiger partial charge < -0.3 is 5.11 Å². The lowest BCUT2D eigenvalue weighted by Gasteiger charge is -2.28. The molecule has 2 nitrogen and oxygen atoms in total. The third-order valence-corrected chi connectivity index (χ3v) is 4.56. The number of rotatable bonds is 2. The van der Waals surface area contributed by atoms with E-state index in [-0.39, 0.29) is 5.41 Å². The molecular formula is C17H19NO. The molecule has 0 fully saturated rings. The fourth-order valence-corrected chi connectivity index (χ4v) is 3.40. The Morgan fingerprint density at radius 2 is 1.89 bits per heavy atom. The second kappa shape index (κ2) is 4.17. The molecule has 0 aliphatic heterocycles. The van der Waals surface area contributed by atoms with Crippen molar-refractivity contribution >= 4 is 0 Å². The van der Waals surface area contributed by atoms with Gasteiger partial charge in [0.1, 0.15) is 0 Å². The third-order valence-electron chi connectivity index (χ3n) is 4.56. The first-order valence-electron chi connectivity index (χ1n) is 6.83. The Hall–Kier alpha value is -1.67. The van der Waals surface area contributed by atoms with E-state index in [0.29, 0.717) is 6.42 Å². The minimum absolute atomic E-state index is 0.135. The van der Waals surface area contributed by atoms with Crippen LogP contribution in [0.15, 0.2) is 48.8 Å². The van der Waals surface area contributed by atoms with Gasteiger partial charge in [0, 0.05) is 23.4 Å². The predicted molar refractivity (Wildman–Crippen MR) is 75.9 cm³/mol. The summed E-state index contributed by atoms with van der Waals surface area (Å²) in [5.74, 6) is 0. The minimum atomic E-state index is -0.756. The Morgan fingerprint density at radius 3 is 2.58 bits per heavy atom. The molecular weight excluding hydrogens is 234 g/mol. The van der Waals surface area contributed by atoms with Crippen LogP contribution in [-0.2, 0) is 11.0 Å². The highest BCUT2D eigenvalue weighted by molar-refractivity contribution is 5.49. The molecule has 1 aromatic carbocycles. The summed E-state index contributed by atoms with van der Waals surface area (Å²) in [5, 5.41) is 10.9. The first-order valence-corrected chi connectivity index (χ1v) is 6.83. The Balaban J connectivity index is 2.21. The van der Waals surface area contributed by atoms with Gasteiger partial charge in [-0.2, -0.15) is 0 Å². The zero-order chi connectivity index (χ0) is 13.5. The molecule has 0 bridgehead atoms. The Kier molecular flexibility index (Phi) is 2.72. The van der Waals surface area contributed by atoms with Crippen LogP contribution >= 0.6 is 0 Å².